The third kappa shape index (κ3) is 26.2. The highest BCUT2D eigenvalue weighted by Gasteiger charge is 2.30. The van der Waals surface area contributed by atoms with Gasteiger partial charge in [0.2, 0.25) is 0 Å². The number of ether oxygens (including phenoxy) is 2. The van der Waals surface area contributed by atoms with E-state index in [1.165, 1.54) is 32.1 Å². The third-order valence-electron chi connectivity index (χ3n) is 7.60. The van der Waals surface area contributed by atoms with Gasteiger partial charge in [-0.1, -0.05) is 106 Å². The molecule has 0 N–H and O–H groups in total. The molecule has 0 aliphatic carbocycles. The van der Waals surface area contributed by atoms with Crippen LogP contribution in [0.2, 0.25) is 0 Å². The van der Waals surface area contributed by atoms with Crippen LogP contribution >= 0.6 is 0 Å². The van der Waals surface area contributed by atoms with E-state index in [-0.39, 0.29) is 30.9 Å². The molecule has 0 amide bonds. The highest BCUT2D eigenvalue weighted by molar-refractivity contribution is 5.84. The number of ketones is 1. The molecule has 0 saturated heterocycles. The molecule has 0 aromatic carbocycles. The summed E-state index contributed by atoms with van der Waals surface area (Å²) >= 11 is 0. The third-order valence-corrected chi connectivity index (χ3v) is 7.60. The van der Waals surface area contributed by atoms with Gasteiger partial charge in [0.05, 0.1) is 16.7 Å². The number of esters is 2. The van der Waals surface area contributed by atoms with Crippen molar-refractivity contribution in [2.24, 2.45) is 34.5 Å². The van der Waals surface area contributed by atoms with Gasteiger partial charge in [-0.15, -0.1) is 0 Å². The Morgan fingerprint density at radius 2 is 1.14 bits per heavy atom. The maximum absolute atomic E-state index is 12.9. The van der Waals surface area contributed by atoms with E-state index in [2.05, 4.69) is 52.9 Å². The highest BCUT2D eigenvalue weighted by atomic mass is 16.5. The van der Waals surface area contributed by atoms with E-state index >= 15 is 0 Å². The molecule has 1 unspecified atom stereocenters. The van der Waals surface area contributed by atoms with E-state index < -0.39 is 16.8 Å². The van der Waals surface area contributed by atoms with Crippen LogP contribution < -0.4 is 0 Å². The summed E-state index contributed by atoms with van der Waals surface area (Å²) in [5.41, 5.74) is -1.19. The topological polar surface area (TPSA) is 86.7 Å². The molecule has 1 atom stereocenters. The average Bonchev–Trinajstić information content (AvgIpc) is 2.93. The van der Waals surface area contributed by atoms with Gasteiger partial charge < -0.3 is 14.3 Å². The van der Waals surface area contributed by atoms with Crippen molar-refractivity contribution in [2.75, 3.05) is 13.2 Å². The molecule has 0 fully saturated rings. The Hall–Kier alpha value is -1.98. The minimum absolute atomic E-state index is 0.0231. The van der Waals surface area contributed by atoms with Gasteiger partial charge in [-0.2, -0.15) is 0 Å². The van der Waals surface area contributed by atoms with Crippen LogP contribution in [-0.2, 0) is 28.7 Å². The largest absolute Gasteiger partial charge is 0.464 e. The second kappa shape index (κ2) is 24.4. The van der Waals surface area contributed by atoms with Crippen molar-refractivity contribution in [2.45, 2.75) is 153 Å². The number of aldehydes is 1. The van der Waals surface area contributed by atoms with E-state index in [1.54, 1.807) is 13.8 Å². The maximum atomic E-state index is 12.9. The normalized spacial score (nSPS) is 12.5. The van der Waals surface area contributed by atoms with Crippen LogP contribution in [0.1, 0.15) is 153 Å². The van der Waals surface area contributed by atoms with Crippen LogP contribution in [0, 0.1) is 34.5 Å². The van der Waals surface area contributed by atoms with Crippen LogP contribution in [0.4, 0.5) is 0 Å². The predicted octanol–water partition coefficient (Wildman–Crippen LogP) is 9.72. The van der Waals surface area contributed by atoms with Crippen molar-refractivity contribution in [3.8, 4) is 0 Å². The van der Waals surface area contributed by atoms with Crippen LogP contribution in [-0.4, -0.2) is 37.2 Å². The number of unbranched alkanes of at least 4 members (excludes halogenated alkanes) is 5. The van der Waals surface area contributed by atoms with Crippen molar-refractivity contribution >= 4 is 24.0 Å². The molecule has 0 aliphatic rings. The molecule has 0 rings (SSSR count). The Labute approximate surface area is 265 Å². The molecule has 0 spiro atoms. The molecular formula is C37H68O6. The Bertz CT molecular complexity index is 778. The zero-order chi connectivity index (χ0) is 33.5. The first-order valence-corrected chi connectivity index (χ1v) is 16.9. The summed E-state index contributed by atoms with van der Waals surface area (Å²) in [5, 5.41) is 0. The number of carbonyl (C=O) groups is 4. The minimum Gasteiger partial charge on any atom is -0.464 e. The van der Waals surface area contributed by atoms with E-state index in [4.69, 9.17) is 4.74 Å². The molecule has 0 bridgehead atoms. The quantitative estimate of drug-likeness (QED) is 0.0469. The average molecular weight is 609 g/mol. The number of rotatable bonds is 24. The van der Waals surface area contributed by atoms with Crippen molar-refractivity contribution in [1.82, 2.24) is 0 Å². The summed E-state index contributed by atoms with van der Waals surface area (Å²) in [5.74, 6) is 1.67. The molecule has 43 heavy (non-hydrogen) atoms. The second-order valence-electron chi connectivity index (χ2n) is 14.9. The number of Topliss-reactive ketones (excluding diaryl/α,β-unsaturated/α-hetero) is 1. The molecular weight excluding hydrogens is 540 g/mol. The first-order valence-electron chi connectivity index (χ1n) is 16.9. The molecule has 6 heteroatoms. The van der Waals surface area contributed by atoms with Crippen LogP contribution in [0.15, 0.2) is 12.7 Å². The first kappa shape index (κ1) is 43.1. The van der Waals surface area contributed by atoms with Gasteiger partial charge in [-0.3, -0.25) is 9.59 Å². The van der Waals surface area contributed by atoms with E-state index in [0.717, 1.165) is 63.2 Å². The molecule has 0 radical (unpaired) electrons. The fraction of sp³-hybridized carbons (Fsp3) is 0.838. The van der Waals surface area contributed by atoms with Crippen LogP contribution in [0.25, 0.3) is 0 Å². The monoisotopic (exact) mass is 609 g/mol. The standard InChI is InChI=1S/C29H56O3.C8H12O3/c1-23(2)16-12-10-9-11-13-18-26(21-20-25(5)6)28(31)32-22-29(7,8)27(30)19-15-14-17-24(3)4;1-4-7(10)11-6-8(2,3)5-9/h23-26H,9-22H2,1-8H3;4-5H,1,6H2,2-3H3. The second-order valence-corrected chi connectivity index (χ2v) is 14.9. The molecule has 0 heterocycles. The lowest BCUT2D eigenvalue weighted by Crippen LogP contribution is -2.32. The lowest BCUT2D eigenvalue weighted by molar-refractivity contribution is -0.154. The van der Waals surface area contributed by atoms with Gasteiger partial charge in [0, 0.05) is 12.5 Å². The van der Waals surface area contributed by atoms with Gasteiger partial charge in [0.15, 0.2) is 0 Å². The molecule has 0 aliphatic heterocycles. The fourth-order valence-corrected chi connectivity index (χ4v) is 4.36. The molecule has 6 nitrogen and oxygen atoms in total. The number of hydrogen-bond donors (Lipinski definition) is 0. The predicted molar refractivity (Wildman–Crippen MR) is 179 cm³/mol. The lowest BCUT2D eigenvalue weighted by atomic mass is 9.86. The summed E-state index contributed by atoms with van der Waals surface area (Å²) in [7, 11) is 0. The number of carbonyl (C=O) groups excluding carboxylic acids is 4. The minimum atomic E-state index is -0.599. The van der Waals surface area contributed by atoms with Crippen LogP contribution in [0.5, 0.6) is 0 Å². The van der Waals surface area contributed by atoms with E-state index in [0.29, 0.717) is 18.3 Å². The summed E-state index contributed by atoms with van der Waals surface area (Å²) in [6.07, 6.45) is 15.9. The van der Waals surface area contributed by atoms with Crippen molar-refractivity contribution < 1.29 is 28.7 Å². The van der Waals surface area contributed by atoms with E-state index in [9.17, 15) is 19.2 Å². The number of hydrogen-bond acceptors (Lipinski definition) is 6. The van der Waals surface area contributed by atoms with Crippen molar-refractivity contribution in [3.05, 3.63) is 12.7 Å². The molecule has 0 saturated carbocycles. The SMILES string of the molecule is C=CC(=O)OCC(C)(C)C=O.CC(C)CCCCCCCC(CCC(C)C)C(=O)OCC(C)(C)C(=O)CCCCC(C)C. The zero-order valence-electron chi connectivity index (χ0n) is 29.7. The molecule has 0 aromatic rings. The van der Waals surface area contributed by atoms with Gasteiger partial charge in [0.25, 0.3) is 0 Å². The van der Waals surface area contributed by atoms with Gasteiger partial charge >= 0.3 is 11.9 Å². The maximum Gasteiger partial charge on any atom is 0.330 e. The van der Waals surface area contributed by atoms with Crippen LogP contribution in [0.3, 0.4) is 0 Å². The Kier molecular flexibility index (Phi) is 24.4. The zero-order valence-corrected chi connectivity index (χ0v) is 29.7. The van der Waals surface area contributed by atoms with E-state index in [1.807, 2.05) is 13.8 Å². The summed E-state index contributed by atoms with van der Waals surface area (Å²) < 4.78 is 10.4. The van der Waals surface area contributed by atoms with Gasteiger partial charge in [0.1, 0.15) is 25.3 Å². The Balaban J connectivity index is 0. The Morgan fingerprint density at radius 3 is 1.63 bits per heavy atom. The van der Waals surface area contributed by atoms with Gasteiger partial charge in [-0.25, -0.2) is 4.79 Å². The van der Waals surface area contributed by atoms with Crippen molar-refractivity contribution in [1.29, 1.82) is 0 Å². The lowest BCUT2D eigenvalue weighted by Gasteiger charge is -2.25. The Morgan fingerprint density at radius 1 is 0.651 bits per heavy atom. The van der Waals surface area contributed by atoms with Gasteiger partial charge in [-0.05, 0) is 64.7 Å². The summed E-state index contributed by atoms with van der Waals surface area (Å²) in [6.45, 7) is 24.2. The highest BCUT2D eigenvalue weighted by Crippen LogP contribution is 2.25. The van der Waals surface area contributed by atoms with Crippen molar-refractivity contribution in [3.63, 3.8) is 0 Å². The summed E-state index contributed by atoms with van der Waals surface area (Å²) in [4.78, 5) is 46.4. The molecule has 252 valence electrons. The molecule has 0 aromatic heterocycles. The summed E-state index contributed by atoms with van der Waals surface area (Å²) in [6, 6.07) is 0. The first-order chi connectivity index (χ1) is 20.0. The fourth-order valence-electron chi connectivity index (χ4n) is 4.36. The smallest absolute Gasteiger partial charge is 0.330 e.